The highest BCUT2D eigenvalue weighted by Gasteiger charge is 2.26. The first-order valence-electron chi connectivity index (χ1n) is 6.56. The number of nitrogens with zero attached hydrogens (tertiary/aromatic N) is 2. The van der Waals surface area contributed by atoms with Crippen LogP contribution in [0, 0.1) is 11.7 Å². The highest BCUT2D eigenvalue weighted by atomic mass is 19.1. The van der Waals surface area contributed by atoms with E-state index in [4.69, 9.17) is 4.74 Å². The molecule has 0 amide bonds. The summed E-state index contributed by atoms with van der Waals surface area (Å²) >= 11 is 0. The van der Waals surface area contributed by atoms with Crippen LogP contribution in [0.2, 0.25) is 0 Å². The third kappa shape index (κ3) is 2.99. The van der Waals surface area contributed by atoms with Crippen LogP contribution >= 0.6 is 0 Å². The van der Waals surface area contributed by atoms with E-state index in [2.05, 4.69) is 5.10 Å². The zero-order valence-corrected chi connectivity index (χ0v) is 11.9. The molecule has 4 nitrogen and oxygen atoms in total. The molecule has 20 heavy (non-hydrogen) atoms. The van der Waals surface area contributed by atoms with Crippen LogP contribution in [-0.2, 0) is 0 Å². The van der Waals surface area contributed by atoms with Crippen molar-refractivity contribution in [3.8, 4) is 11.6 Å². The first kappa shape index (κ1) is 14.5. The Morgan fingerprint density at radius 2 is 2.05 bits per heavy atom. The fourth-order valence-electron chi connectivity index (χ4n) is 1.59. The molecule has 0 unspecified atom stereocenters. The third-order valence-electron chi connectivity index (χ3n) is 3.44. The van der Waals surface area contributed by atoms with Crippen molar-refractivity contribution < 1.29 is 14.2 Å². The normalized spacial score (nSPS) is 14.3. The standard InChI is InChI=1S/C15H19FN2O2/c1-11(2)15(3,19)10-20-14-8-9-17-18(14)13-7-5-4-6-12(13)16/h4-9,11,19H,10H2,1-3H3/t15-/m0/s1. The number of benzene rings is 1. The molecule has 2 aromatic rings. The summed E-state index contributed by atoms with van der Waals surface area (Å²) in [4.78, 5) is 0. The van der Waals surface area contributed by atoms with Crippen LogP contribution < -0.4 is 4.74 Å². The Hall–Kier alpha value is -1.88. The Morgan fingerprint density at radius 3 is 2.70 bits per heavy atom. The highest BCUT2D eigenvalue weighted by Crippen LogP contribution is 2.22. The van der Waals surface area contributed by atoms with Crippen molar-refractivity contribution in [1.82, 2.24) is 9.78 Å². The summed E-state index contributed by atoms with van der Waals surface area (Å²) in [5.41, 5.74) is -0.638. The average Bonchev–Trinajstić information content (AvgIpc) is 2.85. The maximum absolute atomic E-state index is 13.8. The number of aromatic nitrogens is 2. The first-order valence-corrected chi connectivity index (χ1v) is 6.56. The van der Waals surface area contributed by atoms with E-state index in [-0.39, 0.29) is 18.3 Å². The number of hydrogen-bond donors (Lipinski definition) is 1. The lowest BCUT2D eigenvalue weighted by molar-refractivity contribution is -0.0284. The highest BCUT2D eigenvalue weighted by molar-refractivity contribution is 5.35. The zero-order valence-electron chi connectivity index (χ0n) is 11.9. The van der Waals surface area contributed by atoms with Gasteiger partial charge in [-0.2, -0.15) is 9.78 Å². The van der Waals surface area contributed by atoms with E-state index in [1.165, 1.54) is 16.9 Å². The second kappa shape index (κ2) is 5.63. The minimum Gasteiger partial charge on any atom is -0.475 e. The van der Waals surface area contributed by atoms with Gasteiger partial charge in [0.05, 0.1) is 11.8 Å². The van der Waals surface area contributed by atoms with E-state index in [1.54, 1.807) is 31.2 Å². The molecule has 0 saturated heterocycles. The lowest BCUT2D eigenvalue weighted by atomic mass is 9.94. The fourth-order valence-corrected chi connectivity index (χ4v) is 1.59. The maximum Gasteiger partial charge on any atom is 0.216 e. The summed E-state index contributed by atoms with van der Waals surface area (Å²) < 4.78 is 20.7. The minimum absolute atomic E-state index is 0.0485. The van der Waals surface area contributed by atoms with Gasteiger partial charge in [-0.15, -0.1) is 0 Å². The van der Waals surface area contributed by atoms with Gasteiger partial charge in [-0.25, -0.2) is 4.39 Å². The lowest BCUT2D eigenvalue weighted by Crippen LogP contribution is -2.38. The molecule has 2 rings (SSSR count). The molecule has 5 heteroatoms. The molecule has 0 bridgehead atoms. The van der Waals surface area contributed by atoms with Crippen molar-refractivity contribution in [3.63, 3.8) is 0 Å². The molecule has 0 radical (unpaired) electrons. The number of hydrogen-bond acceptors (Lipinski definition) is 3. The summed E-state index contributed by atoms with van der Waals surface area (Å²) in [7, 11) is 0. The second-order valence-corrected chi connectivity index (χ2v) is 5.33. The molecule has 0 aliphatic heterocycles. The van der Waals surface area contributed by atoms with Crippen molar-refractivity contribution in [3.05, 3.63) is 42.3 Å². The second-order valence-electron chi connectivity index (χ2n) is 5.33. The van der Waals surface area contributed by atoms with Gasteiger partial charge in [-0.1, -0.05) is 26.0 Å². The average molecular weight is 278 g/mol. The van der Waals surface area contributed by atoms with E-state index in [0.29, 0.717) is 11.6 Å². The molecule has 1 N–H and O–H groups in total. The van der Waals surface area contributed by atoms with Gasteiger partial charge in [0.2, 0.25) is 5.88 Å². The van der Waals surface area contributed by atoms with Crippen LogP contribution in [0.15, 0.2) is 36.5 Å². The Kier molecular flexibility index (Phi) is 4.09. The Bertz CT molecular complexity index is 579. The number of halogens is 1. The monoisotopic (exact) mass is 278 g/mol. The molecule has 0 fully saturated rings. The van der Waals surface area contributed by atoms with Crippen LogP contribution in [-0.4, -0.2) is 27.1 Å². The van der Waals surface area contributed by atoms with E-state index < -0.39 is 5.60 Å². The molecule has 0 aliphatic rings. The zero-order chi connectivity index (χ0) is 14.8. The van der Waals surface area contributed by atoms with Crippen LogP contribution in [0.25, 0.3) is 5.69 Å². The van der Waals surface area contributed by atoms with Crippen LogP contribution in [0.5, 0.6) is 5.88 Å². The van der Waals surface area contributed by atoms with Crippen LogP contribution in [0.3, 0.4) is 0 Å². The summed E-state index contributed by atoms with van der Waals surface area (Å²) in [6.45, 7) is 5.65. The van der Waals surface area contributed by atoms with Gasteiger partial charge in [0.25, 0.3) is 0 Å². The smallest absolute Gasteiger partial charge is 0.216 e. The number of ether oxygens (including phenoxy) is 1. The van der Waals surface area contributed by atoms with Gasteiger partial charge in [0.1, 0.15) is 18.1 Å². The number of rotatable bonds is 5. The summed E-state index contributed by atoms with van der Waals surface area (Å²) in [5.74, 6) is 0.0695. The molecule has 1 heterocycles. The van der Waals surface area contributed by atoms with Crippen molar-refractivity contribution in [2.24, 2.45) is 5.92 Å². The molecular formula is C15H19FN2O2. The van der Waals surface area contributed by atoms with E-state index in [9.17, 15) is 9.50 Å². The molecule has 0 aliphatic carbocycles. The number of aliphatic hydroxyl groups is 1. The van der Waals surface area contributed by atoms with Crippen LogP contribution in [0.4, 0.5) is 4.39 Å². The third-order valence-corrected chi connectivity index (χ3v) is 3.44. The summed E-state index contributed by atoms with van der Waals surface area (Å²) in [5, 5.41) is 14.2. The summed E-state index contributed by atoms with van der Waals surface area (Å²) in [6, 6.07) is 7.98. The Balaban J connectivity index is 2.20. The van der Waals surface area contributed by atoms with Gasteiger partial charge < -0.3 is 9.84 Å². The van der Waals surface area contributed by atoms with E-state index in [1.807, 2.05) is 13.8 Å². The predicted octanol–water partition coefficient (Wildman–Crippen LogP) is 2.80. The Morgan fingerprint density at radius 1 is 1.35 bits per heavy atom. The van der Waals surface area contributed by atoms with Gasteiger partial charge in [-0.05, 0) is 25.0 Å². The molecule has 1 atom stereocenters. The van der Waals surface area contributed by atoms with Crippen molar-refractivity contribution >= 4 is 0 Å². The van der Waals surface area contributed by atoms with Crippen molar-refractivity contribution in [2.45, 2.75) is 26.4 Å². The van der Waals surface area contributed by atoms with Gasteiger partial charge >= 0.3 is 0 Å². The van der Waals surface area contributed by atoms with E-state index in [0.717, 1.165) is 0 Å². The predicted molar refractivity (Wildman–Crippen MR) is 74.5 cm³/mol. The first-order chi connectivity index (χ1) is 9.42. The fraction of sp³-hybridized carbons (Fsp3) is 0.400. The SMILES string of the molecule is CC(C)[C@@](C)(O)COc1ccnn1-c1ccccc1F. The Labute approximate surface area is 117 Å². The van der Waals surface area contributed by atoms with Crippen LogP contribution in [0.1, 0.15) is 20.8 Å². The van der Waals surface area contributed by atoms with E-state index >= 15 is 0 Å². The minimum atomic E-state index is -0.954. The van der Waals surface area contributed by atoms with Crippen molar-refractivity contribution in [2.75, 3.05) is 6.61 Å². The van der Waals surface area contributed by atoms with Crippen molar-refractivity contribution in [1.29, 1.82) is 0 Å². The molecule has 0 saturated carbocycles. The largest absolute Gasteiger partial charge is 0.475 e. The van der Waals surface area contributed by atoms with Gasteiger partial charge in [0, 0.05) is 6.07 Å². The lowest BCUT2D eigenvalue weighted by Gasteiger charge is -2.27. The molecule has 108 valence electrons. The molecule has 1 aromatic carbocycles. The molecule has 0 spiro atoms. The quantitative estimate of drug-likeness (QED) is 0.915. The topological polar surface area (TPSA) is 47.3 Å². The summed E-state index contributed by atoms with van der Waals surface area (Å²) in [6.07, 6.45) is 1.53. The number of para-hydroxylation sites is 1. The van der Waals surface area contributed by atoms with Gasteiger partial charge in [0.15, 0.2) is 0 Å². The van der Waals surface area contributed by atoms with Gasteiger partial charge in [-0.3, -0.25) is 0 Å². The molecular weight excluding hydrogens is 259 g/mol. The maximum atomic E-state index is 13.8. The molecule has 1 aromatic heterocycles.